The highest BCUT2D eigenvalue weighted by Crippen LogP contribution is 2.28. The molecule has 11 heavy (non-hydrogen) atoms. The van der Waals surface area contributed by atoms with Gasteiger partial charge in [0.1, 0.15) is 5.76 Å². The van der Waals surface area contributed by atoms with E-state index in [1.54, 1.807) is 6.08 Å². The summed E-state index contributed by atoms with van der Waals surface area (Å²) in [5.41, 5.74) is 1.07. The second-order valence-corrected chi connectivity index (χ2v) is 3.20. The van der Waals surface area contributed by atoms with Crippen molar-refractivity contribution in [3.8, 4) is 0 Å². The van der Waals surface area contributed by atoms with Gasteiger partial charge in [0.25, 0.3) is 0 Å². The van der Waals surface area contributed by atoms with Gasteiger partial charge in [-0.05, 0) is 25.3 Å². The van der Waals surface area contributed by atoms with Crippen molar-refractivity contribution in [1.82, 2.24) is 5.32 Å². The molecule has 1 atom stereocenters. The summed E-state index contributed by atoms with van der Waals surface area (Å²) in [6, 6.07) is 0. The zero-order valence-electron chi connectivity index (χ0n) is 6.51. The predicted molar refractivity (Wildman–Crippen MR) is 44.1 cm³/mol. The zero-order valence-corrected chi connectivity index (χ0v) is 6.51. The second-order valence-electron chi connectivity index (χ2n) is 3.20. The Kier molecular flexibility index (Phi) is 1.60. The maximum atomic E-state index is 9.43. The minimum absolute atomic E-state index is 0.445. The third kappa shape index (κ3) is 1.13. The second kappa shape index (κ2) is 2.61. The summed E-state index contributed by atoms with van der Waals surface area (Å²) >= 11 is 0. The number of hydrogen-bond acceptors (Lipinski definition) is 2. The van der Waals surface area contributed by atoms with Gasteiger partial charge >= 0.3 is 0 Å². The molecule has 0 aromatic heterocycles. The Labute approximate surface area is 66.6 Å². The highest BCUT2D eigenvalue weighted by Gasteiger charge is 2.22. The minimum Gasteiger partial charge on any atom is -0.506 e. The van der Waals surface area contributed by atoms with Gasteiger partial charge in [0.2, 0.25) is 0 Å². The molecule has 1 aliphatic heterocycles. The third-order valence-electron chi connectivity index (χ3n) is 2.43. The van der Waals surface area contributed by atoms with Crippen LogP contribution >= 0.6 is 0 Å². The molecule has 1 aliphatic carbocycles. The minimum atomic E-state index is 0.445. The summed E-state index contributed by atoms with van der Waals surface area (Å²) in [5, 5.41) is 12.7. The number of aliphatic hydroxyl groups is 1. The first-order valence-corrected chi connectivity index (χ1v) is 4.21. The van der Waals surface area contributed by atoms with Gasteiger partial charge in [-0.3, -0.25) is 0 Å². The molecule has 2 aliphatic rings. The van der Waals surface area contributed by atoms with Gasteiger partial charge in [-0.1, -0.05) is 6.08 Å². The molecule has 0 aromatic rings. The van der Waals surface area contributed by atoms with E-state index < -0.39 is 0 Å². The lowest BCUT2D eigenvalue weighted by Gasteiger charge is -2.28. The van der Waals surface area contributed by atoms with Gasteiger partial charge in [0.05, 0.1) is 5.70 Å². The molecule has 2 N–H and O–H groups in total. The normalized spacial score (nSPS) is 29.6. The molecule has 2 nitrogen and oxygen atoms in total. The standard InChI is InChI=1S/C9H13NO/c11-8-5-1-3-7-4-2-6-10-9(7)8/h1,5,7,10-11H,2-4,6H2. The summed E-state index contributed by atoms with van der Waals surface area (Å²) < 4.78 is 0. The van der Waals surface area contributed by atoms with E-state index in [2.05, 4.69) is 11.4 Å². The van der Waals surface area contributed by atoms with Crippen molar-refractivity contribution in [3.63, 3.8) is 0 Å². The van der Waals surface area contributed by atoms with Crippen LogP contribution in [0.3, 0.4) is 0 Å². The summed E-state index contributed by atoms with van der Waals surface area (Å²) in [4.78, 5) is 0. The van der Waals surface area contributed by atoms with Crippen molar-refractivity contribution in [2.45, 2.75) is 19.3 Å². The maximum Gasteiger partial charge on any atom is 0.134 e. The van der Waals surface area contributed by atoms with Gasteiger partial charge < -0.3 is 10.4 Å². The topological polar surface area (TPSA) is 32.3 Å². The predicted octanol–water partition coefficient (Wildman–Crippen LogP) is 1.72. The van der Waals surface area contributed by atoms with Gasteiger partial charge in [-0.15, -0.1) is 0 Å². The fraction of sp³-hybridized carbons (Fsp3) is 0.556. The van der Waals surface area contributed by atoms with Gasteiger partial charge in [0, 0.05) is 12.5 Å². The Hall–Kier alpha value is -0.920. The Morgan fingerprint density at radius 2 is 2.45 bits per heavy atom. The summed E-state index contributed by atoms with van der Waals surface area (Å²) in [5.74, 6) is 1.01. The first kappa shape index (κ1) is 6.77. The van der Waals surface area contributed by atoms with E-state index in [0.717, 1.165) is 18.7 Å². The summed E-state index contributed by atoms with van der Waals surface area (Å²) in [6.07, 6.45) is 7.39. The van der Waals surface area contributed by atoms with Crippen LogP contribution in [-0.2, 0) is 0 Å². The molecule has 1 fully saturated rings. The van der Waals surface area contributed by atoms with Crippen LogP contribution in [0.25, 0.3) is 0 Å². The Morgan fingerprint density at radius 3 is 3.27 bits per heavy atom. The van der Waals surface area contributed by atoms with Crippen LogP contribution in [0.1, 0.15) is 19.3 Å². The number of aliphatic hydroxyl groups excluding tert-OH is 1. The fourth-order valence-electron chi connectivity index (χ4n) is 1.83. The highest BCUT2D eigenvalue weighted by molar-refractivity contribution is 5.25. The van der Waals surface area contributed by atoms with Gasteiger partial charge in [0.15, 0.2) is 0 Å². The first-order valence-electron chi connectivity index (χ1n) is 4.21. The van der Waals surface area contributed by atoms with Crippen molar-refractivity contribution in [2.24, 2.45) is 5.92 Å². The van der Waals surface area contributed by atoms with E-state index in [1.807, 2.05) is 0 Å². The van der Waals surface area contributed by atoms with Crippen LogP contribution in [0.5, 0.6) is 0 Å². The van der Waals surface area contributed by atoms with Crippen molar-refractivity contribution in [1.29, 1.82) is 0 Å². The molecule has 2 rings (SSSR count). The van der Waals surface area contributed by atoms with Crippen LogP contribution in [0.15, 0.2) is 23.6 Å². The monoisotopic (exact) mass is 151 g/mol. The number of fused-ring (bicyclic) bond motifs is 1. The molecule has 1 unspecified atom stereocenters. The fourth-order valence-corrected chi connectivity index (χ4v) is 1.83. The molecule has 1 heterocycles. The zero-order chi connectivity index (χ0) is 7.68. The lowest BCUT2D eigenvalue weighted by atomic mass is 9.88. The highest BCUT2D eigenvalue weighted by atomic mass is 16.3. The molecule has 2 heteroatoms. The van der Waals surface area contributed by atoms with Crippen molar-refractivity contribution >= 4 is 0 Å². The van der Waals surface area contributed by atoms with E-state index in [0.29, 0.717) is 11.7 Å². The smallest absolute Gasteiger partial charge is 0.134 e. The molecule has 1 saturated heterocycles. The SMILES string of the molecule is OC1=C2NCCCC2CC=C1. The maximum absolute atomic E-state index is 9.43. The lowest BCUT2D eigenvalue weighted by Crippen LogP contribution is -2.29. The molecule has 0 spiro atoms. The lowest BCUT2D eigenvalue weighted by molar-refractivity contribution is 0.362. The third-order valence-corrected chi connectivity index (χ3v) is 2.43. The Balaban J connectivity index is 2.25. The Bertz CT molecular complexity index is 218. The molecule has 60 valence electrons. The van der Waals surface area contributed by atoms with E-state index in [-0.39, 0.29) is 0 Å². The number of allylic oxidation sites excluding steroid dienone is 3. The van der Waals surface area contributed by atoms with Crippen molar-refractivity contribution < 1.29 is 5.11 Å². The van der Waals surface area contributed by atoms with Crippen LogP contribution in [0.4, 0.5) is 0 Å². The summed E-state index contributed by atoms with van der Waals surface area (Å²) in [6.45, 7) is 1.02. The van der Waals surface area contributed by atoms with E-state index in [1.165, 1.54) is 12.8 Å². The number of hydrogen-bond donors (Lipinski definition) is 2. The average Bonchev–Trinajstić information content (AvgIpc) is 2.06. The number of piperidine rings is 1. The first-order chi connectivity index (χ1) is 5.38. The van der Waals surface area contributed by atoms with Crippen molar-refractivity contribution in [3.05, 3.63) is 23.6 Å². The molecular weight excluding hydrogens is 138 g/mol. The van der Waals surface area contributed by atoms with Crippen LogP contribution in [-0.4, -0.2) is 11.7 Å². The molecule has 0 radical (unpaired) electrons. The van der Waals surface area contributed by atoms with E-state index in [4.69, 9.17) is 0 Å². The molecule has 0 bridgehead atoms. The van der Waals surface area contributed by atoms with E-state index >= 15 is 0 Å². The largest absolute Gasteiger partial charge is 0.506 e. The van der Waals surface area contributed by atoms with Crippen LogP contribution < -0.4 is 5.32 Å². The Morgan fingerprint density at radius 1 is 1.55 bits per heavy atom. The van der Waals surface area contributed by atoms with E-state index in [9.17, 15) is 5.11 Å². The number of rotatable bonds is 0. The average molecular weight is 151 g/mol. The number of nitrogens with one attached hydrogen (secondary N) is 1. The summed E-state index contributed by atoms with van der Waals surface area (Å²) in [7, 11) is 0. The molecular formula is C9H13NO. The van der Waals surface area contributed by atoms with Crippen molar-refractivity contribution in [2.75, 3.05) is 6.54 Å². The quantitative estimate of drug-likeness (QED) is 0.552. The van der Waals surface area contributed by atoms with Gasteiger partial charge in [-0.2, -0.15) is 0 Å². The molecule has 0 amide bonds. The molecule has 0 aromatic carbocycles. The molecule has 0 saturated carbocycles. The van der Waals surface area contributed by atoms with Crippen LogP contribution in [0, 0.1) is 5.92 Å². The van der Waals surface area contributed by atoms with Gasteiger partial charge in [-0.25, -0.2) is 0 Å². The van der Waals surface area contributed by atoms with Crippen LogP contribution in [0.2, 0.25) is 0 Å².